The molecule has 1 aliphatic rings. The maximum absolute atomic E-state index is 12.7. The van der Waals surface area contributed by atoms with Crippen LogP contribution in [0.25, 0.3) is 11.0 Å². The summed E-state index contributed by atoms with van der Waals surface area (Å²) in [7, 11) is 0. The molecule has 0 unspecified atom stereocenters. The lowest BCUT2D eigenvalue weighted by Gasteiger charge is -2.13. The number of carbonyl (C=O) groups is 3. The molecule has 0 radical (unpaired) electrons. The molecule has 2 aromatic carbocycles. The van der Waals surface area contributed by atoms with Crippen LogP contribution in [0.4, 0.5) is 5.69 Å². The van der Waals surface area contributed by atoms with Crippen molar-refractivity contribution < 1.29 is 14.4 Å². The summed E-state index contributed by atoms with van der Waals surface area (Å²) in [5.41, 5.74) is 2.04. The molecule has 7 heteroatoms. The second-order valence-corrected chi connectivity index (χ2v) is 6.16. The molecular weight excluding hydrogens is 344 g/mol. The summed E-state index contributed by atoms with van der Waals surface area (Å²) in [6.07, 6.45) is 0.840. The van der Waals surface area contributed by atoms with E-state index in [0.717, 1.165) is 11.3 Å². The highest BCUT2D eigenvalue weighted by Gasteiger charge is 2.40. The summed E-state index contributed by atoms with van der Waals surface area (Å²) in [5, 5.41) is 2.78. The number of carbonyl (C=O) groups excluding carboxylic acids is 3. The smallest absolute Gasteiger partial charge is 0.286 e. The molecule has 2 heterocycles. The fourth-order valence-electron chi connectivity index (χ4n) is 2.94. The minimum atomic E-state index is -0.517. The summed E-state index contributed by atoms with van der Waals surface area (Å²) < 4.78 is 0. The van der Waals surface area contributed by atoms with Crippen LogP contribution in [0.2, 0.25) is 0 Å². The number of amides is 3. The Balaban J connectivity index is 1.66. The van der Waals surface area contributed by atoms with Crippen LogP contribution in [0.15, 0.2) is 48.5 Å². The molecule has 0 fully saturated rings. The number of hydrogen-bond donors (Lipinski definition) is 1. The number of aromatic nitrogens is 2. The molecule has 27 heavy (non-hydrogen) atoms. The topological polar surface area (TPSA) is 92.3 Å². The quantitative estimate of drug-likeness (QED) is 0.722. The lowest BCUT2D eigenvalue weighted by atomic mass is 10.2. The number of para-hydroxylation sites is 2. The first-order valence-corrected chi connectivity index (χ1v) is 8.64. The van der Waals surface area contributed by atoms with Crippen LogP contribution in [-0.4, -0.2) is 34.2 Å². The number of imide groups is 1. The summed E-state index contributed by atoms with van der Waals surface area (Å²) in [6.45, 7) is 2.56. The zero-order valence-corrected chi connectivity index (χ0v) is 14.6. The van der Waals surface area contributed by atoms with Gasteiger partial charge in [0.05, 0.1) is 16.7 Å². The van der Waals surface area contributed by atoms with Crippen LogP contribution in [0.3, 0.4) is 0 Å². The normalized spacial score (nSPS) is 13.1. The average molecular weight is 360 g/mol. The Morgan fingerprint density at radius 1 is 0.926 bits per heavy atom. The Kier molecular flexibility index (Phi) is 4.12. The van der Waals surface area contributed by atoms with E-state index in [-0.39, 0.29) is 17.3 Å². The third-order valence-corrected chi connectivity index (χ3v) is 4.31. The van der Waals surface area contributed by atoms with Gasteiger partial charge >= 0.3 is 0 Å². The number of fused-ring (bicyclic) bond motifs is 2. The zero-order chi connectivity index (χ0) is 19.0. The maximum Gasteiger partial charge on any atom is 0.286 e. The van der Waals surface area contributed by atoms with Gasteiger partial charge in [0.1, 0.15) is 0 Å². The molecule has 3 amide bonds. The predicted octanol–water partition coefficient (Wildman–Crippen LogP) is 2.57. The van der Waals surface area contributed by atoms with Gasteiger partial charge in [-0.15, -0.1) is 0 Å². The SMILES string of the molecule is CCCNC(=O)c1ccc(N2C(=O)c3nc4ccccc4nc3C2=O)cc1. The monoisotopic (exact) mass is 360 g/mol. The summed E-state index contributed by atoms with van der Waals surface area (Å²) in [4.78, 5) is 47.1. The van der Waals surface area contributed by atoms with Gasteiger partial charge in [-0.05, 0) is 42.8 Å². The van der Waals surface area contributed by atoms with E-state index >= 15 is 0 Å². The highest BCUT2D eigenvalue weighted by atomic mass is 16.2. The summed E-state index contributed by atoms with van der Waals surface area (Å²) in [6, 6.07) is 13.4. The van der Waals surface area contributed by atoms with E-state index in [4.69, 9.17) is 0 Å². The van der Waals surface area contributed by atoms with Crippen molar-refractivity contribution in [2.75, 3.05) is 11.4 Å². The summed E-state index contributed by atoms with van der Waals surface area (Å²) >= 11 is 0. The molecule has 4 rings (SSSR count). The van der Waals surface area contributed by atoms with Crippen molar-refractivity contribution in [1.82, 2.24) is 15.3 Å². The van der Waals surface area contributed by atoms with Gasteiger partial charge in [0, 0.05) is 12.1 Å². The number of anilines is 1. The van der Waals surface area contributed by atoms with Gasteiger partial charge in [-0.2, -0.15) is 0 Å². The van der Waals surface area contributed by atoms with E-state index in [1.807, 2.05) is 6.92 Å². The molecule has 0 spiro atoms. The van der Waals surface area contributed by atoms with Crippen LogP contribution in [-0.2, 0) is 0 Å². The second-order valence-electron chi connectivity index (χ2n) is 6.16. The molecular formula is C20H16N4O3. The van der Waals surface area contributed by atoms with Gasteiger partial charge in [0.25, 0.3) is 17.7 Å². The van der Waals surface area contributed by atoms with Gasteiger partial charge in [-0.25, -0.2) is 14.9 Å². The van der Waals surface area contributed by atoms with E-state index in [1.165, 1.54) is 0 Å². The van der Waals surface area contributed by atoms with Crippen molar-refractivity contribution in [3.63, 3.8) is 0 Å². The lowest BCUT2D eigenvalue weighted by Crippen LogP contribution is -2.30. The Morgan fingerprint density at radius 2 is 1.48 bits per heavy atom. The van der Waals surface area contributed by atoms with Gasteiger partial charge in [-0.1, -0.05) is 19.1 Å². The van der Waals surface area contributed by atoms with Crippen molar-refractivity contribution in [3.05, 3.63) is 65.5 Å². The Hall–Kier alpha value is -3.61. The Bertz CT molecular complexity index is 1020. The molecule has 1 N–H and O–H groups in total. The van der Waals surface area contributed by atoms with E-state index in [9.17, 15) is 14.4 Å². The highest BCUT2D eigenvalue weighted by molar-refractivity contribution is 6.33. The largest absolute Gasteiger partial charge is 0.352 e. The van der Waals surface area contributed by atoms with E-state index in [2.05, 4.69) is 15.3 Å². The van der Waals surface area contributed by atoms with Crippen LogP contribution in [0.1, 0.15) is 44.7 Å². The fourth-order valence-corrected chi connectivity index (χ4v) is 2.94. The molecule has 0 bridgehead atoms. The average Bonchev–Trinajstić information content (AvgIpc) is 2.94. The Labute approximate surface area is 155 Å². The molecule has 7 nitrogen and oxygen atoms in total. The number of benzene rings is 2. The standard InChI is InChI=1S/C20H16N4O3/c1-2-11-21-18(25)12-7-9-13(10-8-12)24-19(26)16-17(20(24)27)23-15-6-4-3-5-14(15)22-16/h3-10H,2,11H2,1H3,(H,21,25). The predicted molar refractivity (Wildman–Crippen MR) is 99.7 cm³/mol. The van der Waals surface area contributed by atoms with Crippen molar-refractivity contribution in [3.8, 4) is 0 Å². The van der Waals surface area contributed by atoms with Crippen molar-refractivity contribution >= 4 is 34.4 Å². The fraction of sp³-hybridized carbons (Fsp3) is 0.150. The number of hydrogen-bond acceptors (Lipinski definition) is 5. The second kappa shape index (κ2) is 6.60. The number of nitrogens with one attached hydrogen (secondary N) is 1. The van der Waals surface area contributed by atoms with Crippen LogP contribution in [0, 0.1) is 0 Å². The van der Waals surface area contributed by atoms with Crippen LogP contribution < -0.4 is 10.2 Å². The minimum absolute atomic E-state index is 0.0449. The number of nitrogens with zero attached hydrogens (tertiary/aromatic N) is 3. The van der Waals surface area contributed by atoms with Gasteiger partial charge in [0.15, 0.2) is 11.4 Å². The van der Waals surface area contributed by atoms with Crippen molar-refractivity contribution in [2.45, 2.75) is 13.3 Å². The highest BCUT2D eigenvalue weighted by Crippen LogP contribution is 2.28. The van der Waals surface area contributed by atoms with Gasteiger partial charge in [0.2, 0.25) is 0 Å². The van der Waals surface area contributed by atoms with Crippen molar-refractivity contribution in [1.29, 1.82) is 0 Å². The molecule has 0 aliphatic carbocycles. The van der Waals surface area contributed by atoms with E-state index < -0.39 is 11.8 Å². The molecule has 0 atom stereocenters. The number of rotatable bonds is 4. The van der Waals surface area contributed by atoms with Gasteiger partial charge in [-0.3, -0.25) is 14.4 Å². The maximum atomic E-state index is 12.7. The van der Waals surface area contributed by atoms with E-state index in [0.29, 0.717) is 28.8 Å². The third kappa shape index (κ3) is 2.83. The molecule has 134 valence electrons. The third-order valence-electron chi connectivity index (χ3n) is 4.31. The van der Waals surface area contributed by atoms with Crippen LogP contribution >= 0.6 is 0 Å². The van der Waals surface area contributed by atoms with Crippen molar-refractivity contribution in [2.24, 2.45) is 0 Å². The molecule has 1 aliphatic heterocycles. The zero-order valence-electron chi connectivity index (χ0n) is 14.6. The minimum Gasteiger partial charge on any atom is -0.352 e. The first-order chi connectivity index (χ1) is 13.1. The molecule has 0 saturated carbocycles. The Morgan fingerprint density at radius 3 is 2.00 bits per heavy atom. The van der Waals surface area contributed by atoms with Gasteiger partial charge < -0.3 is 5.32 Å². The van der Waals surface area contributed by atoms with E-state index in [1.54, 1.807) is 48.5 Å². The molecule has 1 aromatic heterocycles. The summed E-state index contributed by atoms with van der Waals surface area (Å²) in [5.74, 6) is -1.23. The first-order valence-electron chi connectivity index (χ1n) is 8.64. The molecule has 0 saturated heterocycles. The molecule has 3 aromatic rings. The lowest BCUT2D eigenvalue weighted by molar-refractivity contribution is 0.0920. The first kappa shape index (κ1) is 16.8. The van der Waals surface area contributed by atoms with Crippen LogP contribution in [0.5, 0.6) is 0 Å².